The Hall–Kier alpha value is -1.78. The van der Waals surface area contributed by atoms with E-state index in [2.05, 4.69) is 11.9 Å². The van der Waals surface area contributed by atoms with Gasteiger partial charge in [0, 0.05) is 24.5 Å². The van der Waals surface area contributed by atoms with Gasteiger partial charge in [-0.15, -0.1) is 0 Å². The van der Waals surface area contributed by atoms with Crippen LogP contribution in [-0.4, -0.2) is 24.0 Å². The molecule has 0 aliphatic rings. The lowest BCUT2D eigenvalue weighted by molar-refractivity contribution is -0.116. The number of aromatic nitrogens is 1. The van der Waals surface area contributed by atoms with Crippen LogP contribution in [0.1, 0.15) is 19.8 Å². The van der Waals surface area contributed by atoms with Crippen LogP contribution in [0.2, 0.25) is 0 Å². The van der Waals surface area contributed by atoms with E-state index in [0.717, 1.165) is 25.1 Å². The Morgan fingerprint density at radius 2 is 2.31 bits per heavy atom. The summed E-state index contributed by atoms with van der Waals surface area (Å²) in [7, 11) is 0. The first-order valence-electron chi connectivity index (χ1n) is 5.38. The average molecular weight is 222 g/mol. The van der Waals surface area contributed by atoms with Gasteiger partial charge in [0.25, 0.3) is 0 Å². The zero-order valence-corrected chi connectivity index (χ0v) is 9.52. The van der Waals surface area contributed by atoms with E-state index in [1.54, 1.807) is 12.3 Å². The van der Waals surface area contributed by atoms with E-state index in [0.29, 0.717) is 5.82 Å². The summed E-state index contributed by atoms with van der Waals surface area (Å²) in [5.41, 5.74) is 11.7. The van der Waals surface area contributed by atoms with Gasteiger partial charge >= 0.3 is 0 Å². The molecule has 0 spiro atoms. The Morgan fingerprint density at radius 1 is 1.56 bits per heavy atom. The normalized spacial score (nSPS) is 10.1. The summed E-state index contributed by atoms with van der Waals surface area (Å²) < 4.78 is 0. The molecule has 16 heavy (non-hydrogen) atoms. The second-order valence-corrected chi connectivity index (χ2v) is 3.68. The van der Waals surface area contributed by atoms with Crippen LogP contribution in [0.25, 0.3) is 0 Å². The number of hydrogen-bond donors (Lipinski definition) is 2. The molecule has 1 rings (SSSR count). The molecule has 0 aromatic carbocycles. The molecule has 0 aliphatic heterocycles. The number of anilines is 2. The van der Waals surface area contributed by atoms with Gasteiger partial charge in [-0.05, 0) is 12.5 Å². The number of nitrogen functional groups attached to an aromatic ring is 1. The van der Waals surface area contributed by atoms with Crippen LogP contribution < -0.4 is 16.4 Å². The van der Waals surface area contributed by atoms with E-state index in [4.69, 9.17) is 11.5 Å². The van der Waals surface area contributed by atoms with Gasteiger partial charge in [0.2, 0.25) is 5.91 Å². The lowest BCUT2D eigenvalue weighted by Gasteiger charge is -2.23. The van der Waals surface area contributed by atoms with E-state index in [-0.39, 0.29) is 12.5 Å². The predicted molar refractivity (Wildman–Crippen MR) is 65.0 cm³/mol. The Bertz CT molecular complexity index is 354. The maximum Gasteiger partial charge on any atom is 0.236 e. The lowest BCUT2D eigenvalue weighted by atomic mass is 10.2. The predicted octanol–water partition coefficient (Wildman–Crippen LogP) is 0.756. The first-order valence-corrected chi connectivity index (χ1v) is 5.38. The molecule has 4 N–H and O–H groups in total. The minimum absolute atomic E-state index is 0.212. The van der Waals surface area contributed by atoms with Crippen LogP contribution in [-0.2, 0) is 4.79 Å². The maximum absolute atomic E-state index is 11.0. The number of carbonyl (C=O) groups is 1. The van der Waals surface area contributed by atoms with E-state index in [9.17, 15) is 4.79 Å². The maximum atomic E-state index is 11.0. The van der Waals surface area contributed by atoms with Crippen molar-refractivity contribution in [3.05, 3.63) is 18.3 Å². The van der Waals surface area contributed by atoms with Crippen LogP contribution in [0.5, 0.6) is 0 Å². The Labute approximate surface area is 95.4 Å². The molecule has 0 saturated carbocycles. The standard InChI is InChI=1S/C11H18N4O/c1-2-3-6-15(8-11(13)16)9-4-5-14-10(12)7-9/h4-5,7H,2-3,6,8H2,1H3,(H2,12,14)(H2,13,16). The molecule has 0 fully saturated rings. The van der Waals surface area contributed by atoms with Gasteiger partial charge in [-0.2, -0.15) is 0 Å². The van der Waals surface area contributed by atoms with Crippen LogP contribution >= 0.6 is 0 Å². The highest BCUT2D eigenvalue weighted by Gasteiger charge is 2.09. The fourth-order valence-electron chi connectivity index (χ4n) is 1.47. The number of nitrogens with two attached hydrogens (primary N) is 2. The van der Waals surface area contributed by atoms with Crippen molar-refractivity contribution < 1.29 is 4.79 Å². The zero-order valence-electron chi connectivity index (χ0n) is 9.52. The van der Waals surface area contributed by atoms with Crippen molar-refractivity contribution in [2.45, 2.75) is 19.8 Å². The molecule has 0 aliphatic carbocycles. The van der Waals surface area contributed by atoms with Gasteiger partial charge in [-0.3, -0.25) is 4.79 Å². The summed E-state index contributed by atoms with van der Waals surface area (Å²) in [6.45, 7) is 3.11. The minimum atomic E-state index is -0.341. The van der Waals surface area contributed by atoms with Crippen molar-refractivity contribution in [1.82, 2.24) is 4.98 Å². The summed E-state index contributed by atoms with van der Waals surface area (Å²) in [5.74, 6) is 0.106. The third-order valence-corrected chi connectivity index (χ3v) is 2.26. The van der Waals surface area contributed by atoms with E-state index in [1.165, 1.54) is 0 Å². The number of rotatable bonds is 6. The summed E-state index contributed by atoms with van der Waals surface area (Å²) >= 11 is 0. The van der Waals surface area contributed by atoms with Gasteiger partial charge in [0.15, 0.2) is 0 Å². The fraction of sp³-hybridized carbons (Fsp3) is 0.455. The summed E-state index contributed by atoms with van der Waals surface area (Å²) in [6.07, 6.45) is 3.70. The first-order chi connectivity index (χ1) is 7.63. The third kappa shape index (κ3) is 3.76. The van der Waals surface area contributed by atoms with Gasteiger partial charge in [0.1, 0.15) is 5.82 Å². The van der Waals surface area contributed by atoms with Crippen molar-refractivity contribution in [2.24, 2.45) is 5.73 Å². The topological polar surface area (TPSA) is 85.2 Å². The lowest BCUT2D eigenvalue weighted by Crippen LogP contribution is -2.34. The Morgan fingerprint density at radius 3 is 2.88 bits per heavy atom. The highest BCUT2D eigenvalue weighted by Crippen LogP contribution is 2.15. The van der Waals surface area contributed by atoms with Crippen LogP contribution in [0.15, 0.2) is 18.3 Å². The molecule has 5 heteroatoms. The molecule has 1 heterocycles. The minimum Gasteiger partial charge on any atom is -0.384 e. The van der Waals surface area contributed by atoms with Crippen LogP contribution in [0, 0.1) is 0 Å². The number of unbranched alkanes of at least 4 members (excludes halogenated alkanes) is 1. The molecule has 0 bridgehead atoms. The number of carbonyl (C=O) groups excluding carboxylic acids is 1. The second-order valence-electron chi connectivity index (χ2n) is 3.68. The molecule has 0 radical (unpaired) electrons. The molecule has 1 aromatic heterocycles. The van der Waals surface area contributed by atoms with Gasteiger partial charge in [-0.25, -0.2) is 4.98 Å². The van der Waals surface area contributed by atoms with Gasteiger partial charge in [0.05, 0.1) is 6.54 Å². The van der Waals surface area contributed by atoms with Crippen molar-refractivity contribution in [3.8, 4) is 0 Å². The molecule has 1 amide bonds. The van der Waals surface area contributed by atoms with Crippen molar-refractivity contribution in [2.75, 3.05) is 23.7 Å². The first kappa shape index (κ1) is 12.3. The fourth-order valence-corrected chi connectivity index (χ4v) is 1.47. The molecule has 0 saturated heterocycles. The number of amides is 1. The second kappa shape index (κ2) is 5.95. The van der Waals surface area contributed by atoms with Gasteiger partial charge in [-0.1, -0.05) is 13.3 Å². The smallest absolute Gasteiger partial charge is 0.236 e. The third-order valence-electron chi connectivity index (χ3n) is 2.26. The average Bonchev–Trinajstić information content (AvgIpc) is 2.23. The number of pyridine rings is 1. The molecule has 1 aromatic rings. The molecule has 0 atom stereocenters. The Kier molecular flexibility index (Phi) is 4.57. The van der Waals surface area contributed by atoms with Crippen molar-refractivity contribution in [3.63, 3.8) is 0 Å². The zero-order chi connectivity index (χ0) is 12.0. The summed E-state index contributed by atoms with van der Waals surface area (Å²) in [6, 6.07) is 3.58. The van der Waals surface area contributed by atoms with Crippen LogP contribution in [0.3, 0.4) is 0 Å². The Balaban J connectivity index is 2.78. The number of primary amides is 1. The van der Waals surface area contributed by atoms with E-state index in [1.807, 2.05) is 11.0 Å². The van der Waals surface area contributed by atoms with E-state index < -0.39 is 0 Å². The quantitative estimate of drug-likeness (QED) is 0.744. The largest absolute Gasteiger partial charge is 0.384 e. The summed E-state index contributed by atoms with van der Waals surface area (Å²) in [4.78, 5) is 16.8. The van der Waals surface area contributed by atoms with E-state index >= 15 is 0 Å². The molecular formula is C11H18N4O. The molecule has 5 nitrogen and oxygen atoms in total. The monoisotopic (exact) mass is 222 g/mol. The number of nitrogens with zero attached hydrogens (tertiary/aromatic N) is 2. The number of hydrogen-bond acceptors (Lipinski definition) is 4. The van der Waals surface area contributed by atoms with Crippen molar-refractivity contribution in [1.29, 1.82) is 0 Å². The molecular weight excluding hydrogens is 204 g/mol. The SMILES string of the molecule is CCCCN(CC(N)=O)c1ccnc(N)c1. The molecule has 88 valence electrons. The van der Waals surface area contributed by atoms with Crippen LogP contribution in [0.4, 0.5) is 11.5 Å². The van der Waals surface area contributed by atoms with Gasteiger partial charge < -0.3 is 16.4 Å². The highest BCUT2D eigenvalue weighted by molar-refractivity contribution is 5.79. The highest BCUT2D eigenvalue weighted by atomic mass is 16.1. The van der Waals surface area contributed by atoms with Crippen molar-refractivity contribution >= 4 is 17.4 Å². The molecule has 0 unspecified atom stereocenters. The summed E-state index contributed by atoms with van der Waals surface area (Å²) in [5, 5.41) is 0.